The first-order valence-corrected chi connectivity index (χ1v) is 9.36. The zero-order valence-electron chi connectivity index (χ0n) is 16.6. The zero-order chi connectivity index (χ0) is 21.9. The molecular weight excluding hydrogens is 390 g/mol. The fourth-order valence-electron chi connectivity index (χ4n) is 2.83. The van der Waals surface area contributed by atoms with Gasteiger partial charge in [-0.2, -0.15) is 8.78 Å². The van der Waals surface area contributed by atoms with E-state index in [1.54, 1.807) is 24.4 Å². The molecule has 0 radical (unpaired) electrons. The van der Waals surface area contributed by atoms with Crippen LogP contribution in [0.25, 0.3) is 0 Å². The van der Waals surface area contributed by atoms with Crippen LogP contribution in [-0.2, 0) is 4.74 Å². The molecule has 7 nitrogen and oxygen atoms in total. The van der Waals surface area contributed by atoms with Crippen LogP contribution in [0.3, 0.4) is 0 Å². The fourth-order valence-corrected chi connectivity index (χ4v) is 2.83. The first-order chi connectivity index (χ1) is 14.5. The molecule has 1 aliphatic rings. The summed E-state index contributed by atoms with van der Waals surface area (Å²) in [5.41, 5.74) is 7.94. The highest BCUT2D eigenvalue weighted by atomic mass is 19.3. The van der Waals surface area contributed by atoms with E-state index in [1.165, 1.54) is 6.08 Å². The summed E-state index contributed by atoms with van der Waals surface area (Å²) < 4.78 is 30.1. The number of alkyl halides is 2. The Morgan fingerprint density at radius 2 is 2.13 bits per heavy atom. The SMILES string of the molecule is C=C/C=C(N)\C(=C/C/C(C=N)=C/NC(F)F)C(=N)c1ccnc(N2CCOCC2)c1. The average Bonchev–Trinajstić information content (AvgIpc) is 2.76. The van der Waals surface area contributed by atoms with Gasteiger partial charge in [-0.3, -0.25) is 5.41 Å². The van der Waals surface area contributed by atoms with Gasteiger partial charge in [0.1, 0.15) is 5.82 Å². The van der Waals surface area contributed by atoms with Gasteiger partial charge in [-0.05, 0) is 30.2 Å². The van der Waals surface area contributed by atoms with E-state index in [2.05, 4.69) is 16.5 Å². The van der Waals surface area contributed by atoms with Gasteiger partial charge in [-0.15, -0.1) is 0 Å². The van der Waals surface area contributed by atoms with Crippen molar-refractivity contribution in [2.75, 3.05) is 31.2 Å². The largest absolute Gasteiger partial charge is 0.398 e. The minimum atomic E-state index is -2.72. The van der Waals surface area contributed by atoms with Crippen LogP contribution in [0, 0.1) is 10.8 Å². The molecule has 1 aromatic heterocycles. The van der Waals surface area contributed by atoms with Gasteiger partial charge in [0, 0.05) is 48.5 Å². The van der Waals surface area contributed by atoms with Crippen LogP contribution in [0.2, 0.25) is 0 Å². The number of aromatic nitrogens is 1. The standard InChI is InChI=1S/C21H26F2N6O/c1-2-3-18(25)17(5-4-15(13-24)14-28-21(22)23)20(26)16-6-7-27-19(12-16)29-8-10-30-11-9-29/h2-3,5-7,12-14,21,24,26,28H,1,4,8-11,25H2/b15-14-,17-5+,18-3+,24-13?,26-20?. The molecule has 5 N–H and O–H groups in total. The third kappa shape index (κ3) is 6.63. The van der Waals surface area contributed by atoms with Crippen molar-refractivity contribution in [2.24, 2.45) is 5.73 Å². The third-order valence-electron chi connectivity index (χ3n) is 4.37. The predicted octanol–water partition coefficient (Wildman–Crippen LogP) is 2.98. The molecule has 160 valence electrons. The topological polar surface area (TPSA) is 111 Å². The molecule has 1 aliphatic heterocycles. The highest BCUT2D eigenvalue weighted by molar-refractivity contribution is 6.13. The zero-order valence-corrected chi connectivity index (χ0v) is 16.6. The minimum absolute atomic E-state index is 0.147. The number of morpholine rings is 1. The molecule has 0 atom stereocenters. The van der Waals surface area contributed by atoms with Crippen LogP contribution in [-0.4, -0.2) is 49.8 Å². The first-order valence-electron chi connectivity index (χ1n) is 9.36. The smallest absolute Gasteiger partial charge is 0.312 e. The number of anilines is 1. The molecule has 1 fully saturated rings. The highest BCUT2D eigenvalue weighted by Crippen LogP contribution is 2.20. The van der Waals surface area contributed by atoms with E-state index in [0.717, 1.165) is 31.3 Å². The van der Waals surface area contributed by atoms with Crippen molar-refractivity contribution < 1.29 is 13.5 Å². The van der Waals surface area contributed by atoms with Gasteiger partial charge < -0.3 is 26.1 Å². The molecule has 1 saturated heterocycles. The second kappa shape index (κ2) is 11.6. The van der Waals surface area contributed by atoms with E-state index in [1.807, 2.05) is 11.4 Å². The van der Waals surface area contributed by atoms with E-state index in [4.69, 9.17) is 21.3 Å². The lowest BCUT2D eigenvalue weighted by molar-refractivity contribution is 0.122. The Morgan fingerprint density at radius 1 is 1.40 bits per heavy atom. The van der Waals surface area contributed by atoms with Crippen molar-refractivity contribution in [2.45, 2.75) is 13.0 Å². The third-order valence-corrected chi connectivity index (χ3v) is 4.37. The van der Waals surface area contributed by atoms with Crippen LogP contribution >= 0.6 is 0 Å². The maximum absolute atomic E-state index is 12.4. The molecular formula is C21H26F2N6O. The number of ether oxygens (including phenoxy) is 1. The van der Waals surface area contributed by atoms with Crippen LogP contribution in [0.5, 0.6) is 0 Å². The van der Waals surface area contributed by atoms with Crippen molar-refractivity contribution in [3.05, 3.63) is 71.7 Å². The van der Waals surface area contributed by atoms with Crippen molar-refractivity contribution in [1.29, 1.82) is 10.8 Å². The summed E-state index contributed by atoms with van der Waals surface area (Å²) in [6.07, 6.45) is 8.54. The Hall–Kier alpha value is -3.33. The molecule has 0 unspecified atom stereocenters. The van der Waals surface area contributed by atoms with Gasteiger partial charge in [-0.1, -0.05) is 18.7 Å². The van der Waals surface area contributed by atoms with E-state index < -0.39 is 6.55 Å². The molecule has 1 aromatic rings. The van der Waals surface area contributed by atoms with E-state index in [-0.39, 0.29) is 12.1 Å². The van der Waals surface area contributed by atoms with Crippen molar-refractivity contribution in [3.63, 3.8) is 0 Å². The number of hydrogen-bond donors (Lipinski definition) is 4. The Balaban J connectivity index is 2.31. The average molecular weight is 416 g/mol. The molecule has 0 spiro atoms. The molecule has 0 amide bonds. The quantitative estimate of drug-likeness (QED) is 0.266. The number of rotatable bonds is 10. The predicted molar refractivity (Wildman–Crippen MR) is 115 cm³/mol. The molecule has 0 aliphatic carbocycles. The lowest BCUT2D eigenvalue weighted by Crippen LogP contribution is -2.36. The molecule has 0 saturated carbocycles. The first kappa shape index (κ1) is 23.0. The number of pyridine rings is 1. The molecule has 2 heterocycles. The number of halogens is 2. The maximum Gasteiger partial charge on any atom is 0.312 e. The van der Waals surface area contributed by atoms with E-state index >= 15 is 0 Å². The second-order valence-corrected chi connectivity index (χ2v) is 6.39. The van der Waals surface area contributed by atoms with Crippen LogP contribution in [0.4, 0.5) is 14.6 Å². The summed E-state index contributed by atoms with van der Waals surface area (Å²) in [5, 5.41) is 17.9. The van der Waals surface area contributed by atoms with Crippen molar-refractivity contribution in [1.82, 2.24) is 10.3 Å². The van der Waals surface area contributed by atoms with Crippen LogP contribution in [0.1, 0.15) is 12.0 Å². The fraction of sp³-hybridized carbons (Fsp3) is 0.286. The van der Waals surface area contributed by atoms with Crippen molar-refractivity contribution in [3.8, 4) is 0 Å². The van der Waals surface area contributed by atoms with Crippen molar-refractivity contribution >= 4 is 17.7 Å². The van der Waals surface area contributed by atoms with E-state index in [9.17, 15) is 8.78 Å². The molecule has 9 heteroatoms. The minimum Gasteiger partial charge on any atom is -0.398 e. The number of nitrogens with zero attached hydrogens (tertiary/aromatic N) is 2. The van der Waals surface area contributed by atoms with Gasteiger partial charge in [0.05, 0.1) is 18.9 Å². The summed E-state index contributed by atoms with van der Waals surface area (Å²) in [7, 11) is 0. The van der Waals surface area contributed by atoms with Gasteiger partial charge in [-0.25, -0.2) is 4.98 Å². The Kier molecular flexibility index (Phi) is 8.89. The molecule has 30 heavy (non-hydrogen) atoms. The Bertz CT molecular complexity index is 857. The van der Waals surface area contributed by atoms with Crippen LogP contribution < -0.4 is 16.0 Å². The van der Waals surface area contributed by atoms with Crippen LogP contribution in [0.15, 0.2) is 66.2 Å². The molecule has 0 aromatic carbocycles. The monoisotopic (exact) mass is 416 g/mol. The highest BCUT2D eigenvalue weighted by Gasteiger charge is 2.16. The maximum atomic E-state index is 12.4. The molecule has 0 bridgehead atoms. The van der Waals surface area contributed by atoms with Gasteiger partial charge in [0.2, 0.25) is 0 Å². The van der Waals surface area contributed by atoms with Gasteiger partial charge >= 0.3 is 6.55 Å². The van der Waals surface area contributed by atoms with Gasteiger partial charge in [0.25, 0.3) is 0 Å². The lowest BCUT2D eigenvalue weighted by Gasteiger charge is -2.28. The number of hydrogen-bond acceptors (Lipinski definition) is 7. The summed E-state index contributed by atoms with van der Waals surface area (Å²) >= 11 is 0. The summed E-state index contributed by atoms with van der Waals surface area (Å²) in [6, 6.07) is 3.53. The van der Waals surface area contributed by atoms with E-state index in [0.29, 0.717) is 35.6 Å². The normalized spacial score (nSPS) is 15.8. The molecule has 2 rings (SSSR count). The number of nitrogens with two attached hydrogens (primary N) is 1. The summed E-state index contributed by atoms with van der Waals surface area (Å²) in [4.78, 5) is 6.47. The lowest BCUT2D eigenvalue weighted by atomic mass is 9.98. The number of nitrogens with one attached hydrogen (secondary N) is 3. The Morgan fingerprint density at radius 3 is 2.77 bits per heavy atom. The second-order valence-electron chi connectivity index (χ2n) is 6.39. The number of allylic oxidation sites excluding steroid dienone is 5. The summed E-state index contributed by atoms with van der Waals surface area (Å²) in [5.74, 6) is 0.743. The van der Waals surface area contributed by atoms with Gasteiger partial charge in [0.15, 0.2) is 0 Å². The summed E-state index contributed by atoms with van der Waals surface area (Å²) in [6.45, 7) is 3.58. The Labute approximate surface area is 174 Å².